The van der Waals surface area contributed by atoms with Gasteiger partial charge in [0.25, 0.3) is 0 Å². The standard InChI is InChI=1S/C20H30FN5/c1-2-22-19(24-14-20(9-4-10-20)15-6-7-15)25-16-8-12-26(13-16)18-17(21)5-3-11-23-18/h3,5,11,15-16H,2,4,6-10,12-14H2,1H3,(H2,22,24,25). The van der Waals surface area contributed by atoms with E-state index in [2.05, 4.69) is 22.5 Å². The molecule has 1 saturated heterocycles. The number of hydrogen-bond donors (Lipinski definition) is 2. The molecule has 142 valence electrons. The summed E-state index contributed by atoms with van der Waals surface area (Å²) >= 11 is 0. The highest BCUT2D eigenvalue weighted by Crippen LogP contribution is 2.57. The zero-order chi connectivity index (χ0) is 18.0. The Morgan fingerprint density at radius 1 is 1.38 bits per heavy atom. The lowest BCUT2D eigenvalue weighted by atomic mass is 9.65. The summed E-state index contributed by atoms with van der Waals surface area (Å²) in [5.41, 5.74) is 0.487. The summed E-state index contributed by atoms with van der Waals surface area (Å²) in [5, 5.41) is 6.95. The van der Waals surface area contributed by atoms with E-state index in [0.29, 0.717) is 11.2 Å². The molecule has 1 aliphatic heterocycles. The van der Waals surface area contributed by atoms with Gasteiger partial charge in [0.2, 0.25) is 0 Å². The summed E-state index contributed by atoms with van der Waals surface area (Å²) in [6.45, 7) is 5.47. The second-order valence-corrected chi connectivity index (χ2v) is 8.07. The fraction of sp³-hybridized carbons (Fsp3) is 0.700. The largest absolute Gasteiger partial charge is 0.357 e. The second kappa shape index (κ2) is 7.41. The van der Waals surface area contributed by atoms with Crippen molar-refractivity contribution in [3.63, 3.8) is 0 Å². The topological polar surface area (TPSA) is 52.6 Å². The number of halogens is 1. The number of aliphatic imine (C=N–C) groups is 1. The first kappa shape index (κ1) is 17.6. The molecule has 2 N–H and O–H groups in total. The van der Waals surface area contributed by atoms with E-state index in [1.165, 1.54) is 38.2 Å². The number of aromatic nitrogens is 1. The molecular formula is C20H30FN5. The molecule has 0 spiro atoms. The van der Waals surface area contributed by atoms with Gasteiger partial charge >= 0.3 is 0 Å². The molecule has 3 fully saturated rings. The van der Waals surface area contributed by atoms with Crippen molar-refractivity contribution in [1.82, 2.24) is 15.6 Å². The maximum Gasteiger partial charge on any atom is 0.191 e. The molecule has 2 saturated carbocycles. The molecule has 1 aromatic rings. The first-order valence-electron chi connectivity index (χ1n) is 10.1. The first-order valence-corrected chi connectivity index (χ1v) is 10.1. The SMILES string of the molecule is CCNC(=NCC1(C2CC2)CCC1)NC1CCN(c2ncccc2F)C1. The van der Waals surface area contributed by atoms with Crippen LogP contribution in [0.1, 0.15) is 45.4 Å². The Morgan fingerprint density at radius 3 is 2.88 bits per heavy atom. The van der Waals surface area contributed by atoms with Crippen LogP contribution in [0.15, 0.2) is 23.3 Å². The van der Waals surface area contributed by atoms with Crippen molar-refractivity contribution < 1.29 is 4.39 Å². The molecule has 0 radical (unpaired) electrons. The van der Waals surface area contributed by atoms with Crippen LogP contribution in [0.5, 0.6) is 0 Å². The summed E-state index contributed by atoms with van der Waals surface area (Å²) in [4.78, 5) is 11.2. The molecule has 1 aromatic heterocycles. The second-order valence-electron chi connectivity index (χ2n) is 8.07. The Balaban J connectivity index is 1.36. The molecule has 5 nitrogen and oxygen atoms in total. The van der Waals surface area contributed by atoms with Crippen LogP contribution in [0, 0.1) is 17.2 Å². The number of anilines is 1. The summed E-state index contributed by atoms with van der Waals surface area (Å²) in [5.74, 6) is 2.04. The van der Waals surface area contributed by atoms with Crippen LogP contribution >= 0.6 is 0 Å². The highest BCUT2D eigenvalue weighted by atomic mass is 19.1. The van der Waals surface area contributed by atoms with Crippen molar-refractivity contribution in [3.8, 4) is 0 Å². The molecule has 1 unspecified atom stereocenters. The van der Waals surface area contributed by atoms with E-state index in [1.807, 2.05) is 4.90 Å². The Kier molecular flexibility index (Phi) is 5.00. The zero-order valence-corrected chi connectivity index (χ0v) is 15.7. The van der Waals surface area contributed by atoms with E-state index in [0.717, 1.165) is 44.5 Å². The molecule has 6 heteroatoms. The summed E-state index contributed by atoms with van der Waals surface area (Å²) < 4.78 is 14.0. The normalized spacial score (nSPS) is 25.1. The maximum atomic E-state index is 14.0. The third-order valence-electron chi connectivity index (χ3n) is 6.26. The molecule has 2 heterocycles. The van der Waals surface area contributed by atoms with Crippen molar-refractivity contribution in [2.24, 2.45) is 16.3 Å². The van der Waals surface area contributed by atoms with E-state index in [1.54, 1.807) is 12.3 Å². The van der Waals surface area contributed by atoms with E-state index < -0.39 is 0 Å². The van der Waals surface area contributed by atoms with Crippen molar-refractivity contribution in [2.45, 2.75) is 51.5 Å². The van der Waals surface area contributed by atoms with Crippen LogP contribution in [0.3, 0.4) is 0 Å². The van der Waals surface area contributed by atoms with Crippen LogP contribution < -0.4 is 15.5 Å². The van der Waals surface area contributed by atoms with Crippen LogP contribution in [0.4, 0.5) is 10.2 Å². The first-order chi connectivity index (χ1) is 12.7. The fourth-order valence-electron chi connectivity index (χ4n) is 4.45. The minimum Gasteiger partial charge on any atom is -0.357 e. The molecule has 0 aromatic carbocycles. The Labute approximate surface area is 155 Å². The number of pyridine rings is 1. The van der Waals surface area contributed by atoms with E-state index in [-0.39, 0.29) is 11.9 Å². The fourth-order valence-corrected chi connectivity index (χ4v) is 4.45. The van der Waals surface area contributed by atoms with Crippen LogP contribution in [0.2, 0.25) is 0 Å². The van der Waals surface area contributed by atoms with E-state index in [4.69, 9.17) is 4.99 Å². The predicted octanol–water partition coefficient (Wildman–Crippen LogP) is 2.93. The quantitative estimate of drug-likeness (QED) is 0.606. The van der Waals surface area contributed by atoms with E-state index >= 15 is 0 Å². The average molecular weight is 359 g/mol. The number of hydrogen-bond acceptors (Lipinski definition) is 3. The molecule has 3 aliphatic rings. The number of guanidine groups is 1. The van der Waals surface area contributed by atoms with Gasteiger partial charge in [-0.2, -0.15) is 0 Å². The number of rotatable bonds is 6. The lowest BCUT2D eigenvalue weighted by molar-refractivity contribution is 0.113. The minimum absolute atomic E-state index is 0.245. The van der Waals surface area contributed by atoms with E-state index in [9.17, 15) is 4.39 Å². The molecular weight excluding hydrogens is 329 g/mol. The van der Waals surface area contributed by atoms with Crippen molar-refractivity contribution in [1.29, 1.82) is 0 Å². The number of nitrogens with zero attached hydrogens (tertiary/aromatic N) is 3. The van der Waals surface area contributed by atoms with Crippen molar-refractivity contribution >= 4 is 11.8 Å². The smallest absolute Gasteiger partial charge is 0.191 e. The summed E-state index contributed by atoms with van der Waals surface area (Å²) in [6, 6.07) is 3.38. The lowest BCUT2D eigenvalue weighted by Gasteiger charge is -2.41. The van der Waals surface area contributed by atoms with Gasteiger partial charge in [-0.05, 0) is 62.5 Å². The summed E-state index contributed by atoms with van der Waals surface area (Å²) in [7, 11) is 0. The molecule has 26 heavy (non-hydrogen) atoms. The van der Waals surface area contributed by atoms with Gasteiger partial charge in [-0.1, -0.05) is 6.42 Å². The van der Waals surface area contributed by atoms with Gasteiger partial charge in [0.05, 0.1) is 0 Å². The highest BCUT2D eigenvalue weighted by molar-refractivity contribution is 5.80. The number of nitrogens with one attached hydrogen (secondary N) is 2. The monoisotopic (exact) mass is 359 g/mol. The lowest BCUT2D eigenvalue weighted by Crippen LogP contribution is -2.46. The third kappa shape index (κ3) is 3.64. The van der Waals surface area contributed by atoms with Gasteiger partial charge in [0.1, 0.15) is 0 Å². The van der Waals surface area contributed by atoms with Gasteiger partial charge in [-0.3, -0.25) is 4.99 Å². The van der Waals surface area contributed by atoms with Gasteiger partial charge < -0.3 is 15.5 Å². The van der Waals surface area contributed by atoms with Crippen LogP contribution in [0.25, 0.3) is 0 Å². The predicted molar refractivity (Wildman–Crippen MR) is 103 cm³/mol. The third-order valence-corrected chi connectivity index (χ3v) is 6.26. The van der Waals surface area contributed by atoms with Gasteiger partial charge in [0, 0.05) is 38.4 Å². The van der Waals surface area contributed by atoms with Crippen LogP contribution in [-0.4, -0.2) is 43.2 Å². The average Bonchev–Trinajstić information content (AvgIpc) is 3.34. The summed E-state index contributed by atoms with van der Waals surface area (Å²) in [6.07, 6.45) is 9.46. The Bertz CT molecular complexity index is 653. The molecule has 2 aliphatic carbocycles. The Hall–Kier alpha value is -1.85. The van der Waals surface area contributed by atoms with Crippen molar-refractivity contribution in [2.75, 3.05) is 31.1 Å². The van der Waals surface area contributed by atoms with Gasteiger partial charge in [-0.25, -0.2) is 9.37 Å². The molecule has 0 amide bonds. The minimum atomic E-state index is -0.245. The molecule has 4 rings (SSSR count). The molecule has 1 atom stereocenters. The maximum absolute atomic E-state index is 14.0. The van der Waals surface area contributed by atoms with Crippen LogP contribution in [-0.2, 0) is 0 Å². The van der Waals surface area contributed by atoms with Gasteiger partial charge in [0.15, 0.2) is 17.6 Å². The molecule has 0 bridgehead atoms. The van der Waals surface area contributed by atoms with Gasteiger partial charge in [-0.15, -0.1) is 0 Å². The Morgan fingerprint density at radius 2 is 2.23 bits per heavy atom. The van der Waals surface area contributed by atoms with Crippen molar-refractivity contribution in [3.05, 3.63) is 24.1 Å². The zero-order valence-electron chi connectivity index (χ0n) is 15.7. The highest BCUT2D eigenvalue weighted by Gasteiger charge is 2.48.